The first-order valence-corrected chi connectivity index (χ1v) is 8.03. The van der Waals surface area contributed by atoms with Crippen molar-refractivity contribution in [1.82, 2.24) is 30.3 Å². The summed E-state index contributed by atoms with van der Waals surface area (Å²) >= 11 is 0. The quantitative estimate of drug-likeness (QED) is 0.778. The molecule has 0 spiro atoms. The highest BCUT2D eigenvalue weighted by Gasteiger charge is 2.22. The fourth-order valence-corrected chi connectivity index (χ4v) is 2.68. The molecule has 0 saturated carbocycles. The van der Waals surface area contributed by atoms with Gasteiger partial charge < -0.3 is 5.32 Å². The number of hydrogen-bond donors (Lipinski definition) is 3. The maximum atomic E-state index is 12.3. The summed E-state index contributed by atoms with van der Waals surface area (Å²) in [7, 11) is 1.79. The molecule has 3 heterocycles. The van der Waals surface area contributed by atoms with E-state index in [0.29, 0.717) is 23.5 Å². The molecule has 0 unspecified atom stereocenters. The van der Waals surface area contributed by atoms with Gasteiger partial charge in [0.25, 0.3) is 5.91 Å². The fourth-order valence-electron chi connectivity index (χ4n) is 2.68. The van der Waals surface area contributed by atoms with Crippen LogP contribution in [0.5, 0.6) is 0 Å². The highest BCUT2D eigenvalue weighted by Crippen LogP contribution is 2.23. The Balaban J connectivity index is 0.00000208. The van der Waals surface area contributed by atoms with E-state index >= 15 is 0 Å². The van der Waals surface area contributed by atoms with Crippen LogP contribution in [0, 0.1) is 0 Å². The van der Waals surface area contributed by atoms with Gasteiger partial charge in [0.1, 0.15) is 0 Å². The van der Waals surface area contributed by atoms with Gasteiger partial charge in [-0.1, -0.05) is 13.8 Å². The molecule has 3 N–H and O–H groups in total. The van der Waals surface area contributed by atoms with E-state index in [1.54, 1.807) is 17.8 Å². The lowest BCUT2D eigenvalue weighted by Crippen LogP contribution is -2.27. The Hall–Kier alpha value is -1.93. The Morgan fingerprint density at radius 1 is 1.38 bits per heavy atom. The normalized spacial score (nSPS) is 15.3. The van der Waals surface area contributed by atoms with Gasteiger partial charge in [-0.2, -0.15) is 15.2 Å². The SMILES string of the molecule is CC(C)c1cc(C(=O)Nc2nc(C3CCNCC3)nn2C)n[nH]1.Cl. The van der Waals surface area contributed by atoms with Crippen LogP contribution in [-0.2, 0) is 7.05 Å². The van der Waals surface area contributed by atoms with Gasteiger partial charge >= 0.3 is 0 Å². The van der Waals surface area contributed by atoms with Crippen LogP contribution in [-0.4, -0.2) is 44.0 Å². The number of carbonyl (C=O) groups excluding carboxylic acids is 1. The lowest BCUT2D eigenvalue weighted by Gasteiger charge is -2.19. The molecule has 1 aliphatic heterocycles. The molecular weight excluding hydrogens is 330 g/mol. The summed E-state index contributed by atoms with van der Waals surface area (Å²) in [6.45, 7) is 6.05. The zero-order valence-corrected chi connectivity index (χ0v) is 15.0. The summed E-state index contributed by atoms with van der Waals surface area (Å²) < 4.78 is 1.62. The second kappa shape index (κ2) is 7.76. The number of aromatic nitrogens is 5. The number of H-pyrrole nitrogens is 1. The molecule has 24 heavy (non-hydrogen) atoms. The highest BCUT2D eigenvalue weighted by atomic mass is 35.5. The Morgan fingerprint density at radius 2 is 2.08 bits per heavy atom. The predicted octanol–water partition coefficient (Wildman–Crippen LogP) is 1.80. The smallest absolute Gasteiger partial charge is 0.278 e. The topological polar surface area (TPSA) is 101 Å². The first kappa shape index (κ1) is 18.4. The molecule has 1 saturated heterocycles. The van der Waals surface area contributed by atoms with Crippen molar-refractivity contribution in [2.24, 2.45) is 7.05 Å². The average Bonchev–Trinajstić information content (AvgIpc) is 3.16. The number of nitrogens with zero attached hydrogens (tertiary/aromatic N) is 4. The lowest BCUT2D eigenvalue weighted by molar-refractivity contribution is 0.102. The van der Waals surface area contributed by atoms with Gasteiger partial charge in [-0.15, -0.1) is 12.4 Å². The van der Waals surface area contributed by atoms with Gasteiger partial charge in [-0.3, -0.25) is 15.2 Å². The van der Waals surface area contributed by atoms with Crippen molar-refractivity contribution >= 4 is 24.3 Å². The molecule has 132 valence electrons. The number of aromatic amines is 1. The van der Waals surface area contributed by atoms with Crippen molar-refractivity contribution in [3.8, 4) is 0 Å². The van der Waals surface area contributed by atoms with Crippen LogP contribution in [0.2, 0.25) is 0 Å². The van der Waals surface area contributed by atoms with Crippen LogP contribution < -0.4 is 10.6 Å². The van der Waals surface area contributed by atoms with Crippen LogP contribution in [0.3, 0.4) is 0 Å². The van der Waals surface area contributed by atoms with E-state index in [0.717, 1.165) is 37.4 Å². The maximum Gasteiger partial charge on any atom is 0.278 e. The molecule has 0 radical (unpaired) electrons. The number of amides is 1. The molecule has 9 heteroatoms. The summed E-state index contributed by atoms with van der Waals surface area (Å²) in [5.74, 6) is 1.63. The molecule has 1 aliphatic rings. The molecule has 0 aromatic carbocycles. The molecule has 1 amide bonds. The van der Waals surface area contributed by atoms with Gasteiger partial charge in [0.05, 0.1) is 0 Å². The number of carbonyl (C=O) groups is 1. The van der Waals surface area contributed by atoms with Crippen LogP contribution in [0.15, 0.2) is 6.07 Å². The summed E-state index contributed by atoms with van der Waals surface area (Å²) in [4.78, 5) is 16.8. The standard InChI is InChI=1S/C15H23N7O.ClH/c1-9(2)11-8-12(20-19-11)14(23)18-15-17-13(21-22(15)3)10-4-6-16-7-5-10;/h8-10,16H,4-7H2,1-3H3,(H,19,20)(H,17,18,21,23);1H. The van der Waals surface area contributed by atoms with Crippen molar-refractivity contribution in [3.63, 3.8) is 0 Å². The van der Waals surface area contributed by atoms with Gasteiger partial charge in [0, 0.05) is 18.7 Å². The molecule has 2 aromatic rings. The third-order valence-corrected chi connectivity index (χ3v) is 4.16. The number of piperidine rings is 1. The summed E-state index contributed by atoms with van der Waals surface area (Å²) in [6, 6.07) is 1.77. The minimum absolute atomic E-state index is 0. The third kappa shape index (κ3) is 3.93. The van der Waals surface area contributed by atoms with Gasteiger partial charge in [0.2, 0.25) is 5.95 Å². The maximum absolute atomic E-state index is 12.3. The second-order valence-corrected chi connectivity index (χ2v) is 6.26. The summed E-state index contributed by atoms with van der Waals surface area (Å²) in [5.41, 5.74) is 1.30. The van der Waals surface area contributed by atoms with Crippen molar-refractivity contribution in [2.45, 2.75) is 38.5 Å². The molecule has 2 aromatic heterocycles. The molecular formula is C15H24ClN7O. The molecule has 1 fully saturated rings. The van der Waals surface area contributed by atoms with Gasteiger partial charge in [-0.25, -0.2) is 4.68 Å². The van der Waals surface area contributed by atoms with E-state index in [1.807, 2.05) is 13.8 Å². The summed E-state index contributed by atoms with van der Waals surface area (Å²) in [5, 5.41) is 17.5. The van der Waals surface area contributed by atoms with E-state index in [9.17, 15) is 4.79 Å². The largest absolute Gasteiger partial charge is 0.317 e. The first-order valence-electron chi connectivity index (χ1n) is 8.03. The number of nitrogens with one attached hydrogen (secondary N) is 3. The van der Waals surface area contributed by atoms with Crippen molar-refractivity contribution in [1.29, 1.82) is 0 Å². The Morgan fingerprint density at radius 3 is 2.71 bits per heavy atom. The second-order valence-electron chi connectivity index (χ2n) is 6.26. The van der Waals surface area contributed by atoms with Gasteiger partial charge in [-0.05, 0) is 37.9 Å². The zero-order valence-electron chi connectivity index (χ0n) is 14.2. The molecule has 0 aliphatic carbocycles. The van der Waals surface area contributed by atoms with E-state index in [1.165, 1.54) is 0 Å². The average molecular weight is 354 g/mol. The minimum Gasteiger partial charge on any atom is -0.317 e. The molecule has 8 nitrogen and oxygen atoms in total. The Labute approximate surface area is 147 Å². The molecule has 0 atom stereocenters. The molecule has 0 bridgehead atoms. The third-order valence-electron chi connectivity index (χ3n) is 4.16. The number of halogens is 1. The van der Waals surface area contributed by atoms with Crippen LogP contribution in [0.4, 0.5) is 5.95 Å². The lowest BCUT2D eigenvalue weighted by atomic mass is 9.98. The highest BCUT2D eigenvalue weighted by molar-refractivity contribution is 6.01. The zero-order chi connectivity index (χ0) is 16.4. The summed E-state index contributed by atoms with van der Waals surface area (Å²) in [6.07, 6.45) is 2.04. The minimum atomic E-state index is -0.277. The number of anilines is 1. The molecule has 3 rings (SSSR count). The van der Waals surface area contributed by atoms with Gasteiger partial charge in [0.15, 0.2) is 11.5 Å². The Kier molecular flexibility index (Phi) is 5.95. The fraction of sp³-hybridized carbons (Fsp3) is 0.600. The number of rotatable bonds is 4. The van der Waals surface area contributed by atoms with Crippen molar-refractivity contribution in [3.05, 3.63) is 23.3 Å². The van der Waals surface area contributed by atoms with E-state index < -0.39 is 0 Å². The van der Waals surface area contributed by atoms with Crippen LogP contribution >= 0.6 is 12.4 Å². The monoisotopic (exact) mass is 353 g/mol. The number of aryl methyl sites for hydroxylation is 1. The Bertz CT molecular complexity index is 688. The van der Waals surface area contributed by atoms with Crippen LogP contribution in [0.1, 0.15) is 60.5 Å². The number of hydrogen-bond acceptors (Lipinski definition) is 5. The van der Waals surface area contributed by atoms with E-state index in [4.69, 9.17) is 0 Å². The van der Waals surface area contributed by atoms with E-state index in [-0.39, 0.29) is 18.3 Å². The predicted molar refractivity (Wildman–Crippen MR) is 93.7 cm³/mol. The first-order chi connectivity index (χ1) is 11.0. The van der Waals surface area contributed by atoms with Crippen LogP contribution in [0.25, 0.3) is 0 Å². The van der Waals surface area contributed by atoms with Crippen molar-refractivity contribution < 1.29 is 4.79 Å². The van der Waals surface area contributed by atoms with Crippen molar-refractivity contribution in [2.75, 3.05) is 18.4 Å². The van der Waals surface area contributed by atoms with E-state index in [2.05, 4.69) is 30.9 Å².